The van der Waals surface area contributed by atoms with E-state index in [1.54, 1.807) is 6.20 Å². The number of amides is 1. The molecular formula is C16H16BrClN4O. The van der Waals surface area contributed by atoms with Crippen LogP contribution in [0.5, 0.6) is 0 Å². The third-order valence-corrected chi connectivity index (χ3v) is 4.33. The summed E-state index contributed by atoms with van der Waals surface area (Å²) in [5.41, 5.74) is 1.79. The number of hydrogen-bond donors (Lipinski definition) is 1. The summed E-state index contributed by atoms with van der Waals surface area (Å²) < 4.78 is 2.85. The van der Waals surface area contributed by atoms with Gasteiger partial charge in [0, 0.05) is 40.3 Å². The second-order valence-corrected chi connectivity index (χ2v) is 6.55. The Labute approximate surface area is 147 Å². The smallest absolute Gasteiger partial charge is 0.220 e. The van der Waals surface area contributed by atoms with E-state index in [1.165, 1.54) is 0 Å². The summed E-state index contributed by atoms with van der Waals surface area (Å²) in [6.45, 7) is 1.17. The van der Waals surface area contributed by atoms with E-state index in [2.05, 4.69) is 31.3 Å². The van der Waals surface area contributed by atoms with Gasteiger partial charge in [0.2, 0.25) is 5.91 Å². The van der Waals surface area contributed by atoms with Gasteiger partial charge in [-0.3, -0.25) is 14.5 Å². The minimum Gasteiger partial charge on any atom is -0.354 e. The van der Waals surface area contributed by atoms with Crippen LogP contribution >= 0.6 is 27.5 Å². The van der Waals surface area contributed by atoms with Crippen molar-refractivity contribution in [2.75, 3.05) is 12.4 Å². The number of carbonyl (C=O) groups excluding carboxylic acids is 1. The molecule has 0 aliphatic carbocycles. The van der Waals surface area contributed by atoms with Crippen molar-refractivity contribution in [1.29, 1.82) is 0 Å². The number of halogens is 2. The first-order valence-corrected chi connectivity index (χ1v) is 8.74. The minimum atomic E-state index is 0.0272. The summed E-state index contributed by atoms with van der Waals surface area (Å²) in [5.74, 6) is 0.535. The number of nitrogens with zero attached hydrogens (tertiary/aromatic N) is 3. The highest BCUT2D eigenvalue weighted by Crippen LogP contribution is 2.25. The molecule has 0 unspecified atom stereocenters. The van der Waals surface area contributed by atoms with Gasteiger partial charge in [-0.05, 0) is 18.6 Å². The van der Waals surface area contributed by atoms with Crippen molar-refractivity contribution in [2.24, 2.45) is 0 Å². The van der Waals surface area contributed by atoms with Gasteiger partial charge in [-0.1, -0.05) is 22.0 Å². The Kier molecular flexibility index (Phi) is 5.13. The third kappa shape index (κ3) is 3.82. The van der Waals surface area contributed by atoms with E-state index >= 15 is 0 Å². The van der Waals surface area contributed by atoms with E-state index in [4.69, 9.17) is 11.6 Å². The van der Waals surface area contributed by atoms with Crippen LogP contribution in [0.1, 0.15) is 12.8 Å². The van der Waals surface area contributed by atoms with Crippen LogP contribution in [0.3, 0.4) is 0 Å². The molecule has 0 aliphatic rings. The van der Waals surface area contributed by atoms with Crippen LogP contribution in [0.15, 0.2) is 35.1 Å². The highest BCUT2D eigenvalue weighted by Gasteiger charge is 2.07. The molecule has 3 rings (SSSR count). The Hall–Kier alpha value is -1.66. The lowest BCUT2D eigenvalue weighted by atomic mass is 10.1. The lowest BCUT2D eigenvalue weighted by molar-refractivity contribution is -0.121. The molecule has 0 fully saturated rings. The van der Waals surface area contributed by atoms with E-state index in [-0.39, 0.29) is 5.91 Å². The second kappa shape index (κ2) is 7.27. The molecule has 3 aromatic rings. The molecule has 5 nitrogen and oxygen atoms in total. The Balaban J connectivity index is 1.73. The van der Waals surface area contributed by atoms with Crippen LogP contribution in [-0.2, 0) is 11.3 Å². The molecule has 0 saturated heterocycles. The van der Waals surface area contributed by atoms with Gasteiger partial charge in [0.1, 0.15) is 5.52 Å². The summed E-state index contributed by atoms with van der Waals surface area (Å²) in [7, 11) is 0. The average Bonchev–Trinajstić information content (AvgIpc) is 2.95. The van der Waals surface area contributed by atoms with Crippen LogP contribution in [0, 0.1) is 0 Å². The van der Waals surface area contributed by atoms with Crippen molar-refractivity contribution >= 4 is 55.2 Å². The molecule has 120 valence electrons. The summed E-state index contributed by atoms with van der Waals surface area (Å²) in [4.78, 5) is 16.0. The van der Waals surface area contributed by atoms with Crippen LogP contribution in [0.4, 0.5) is 0 Å². The molecule has 2 heterocycles. The van der Waals surface area contributed by atoms with Crippen molar-refractivity contribution in [2.45, 2.75) is 19.4 Å². The largest absolute Gasteiger partial charge is 0.354 e. The predicted octanol–water partition coefficient (Wildman–Crippen LogP) is 3.48. The van der Waals surface area contributed by atoms with Crippen molar-refractivity contribution in [3.63, 3.8) is 0 Å². The van der Waals surface area contributed by atoms with Gasteiger partial charge in [0.05, 0.1) is 18.3 Å². The minimum absolute atomic E-state index is 0.0272. The van der Waals surface area contributed by atoms with E-state index in [0.29, 0.717) is 31.8 Å². The summed E-state index contributed by atoms with van der Waals surface area (Å²) in [6, 6.07) is 6.02. The van der Waals surface area contributed by atoms with Crippen LogP contribution in [-0.4, -0.2) is 33.1 Å². The van der Waals surface area contributed by atoms with Crippen molar-refractivity contribution in [3.05, 3.63) is 35.1 Å². The van der Waals surface area contributed by atoms with Gasteiger partial charge in [-0.15, -0.1) is 11.6 Å². The Morgan fingerprint density at radius 3 is 3.00 bits per heavy atom. The topological polar surface area (TPSA) is 59.8 Å². The van der Waals surface area contributed by atoms with Gasteiger partial charge < -0.3 is 5.32 Å². The van der Waals surface area contributed by atoms with Crippen LogP contribution in [0.2, 0.25) is 0 Å². The number of pyridine rings is 1. The molecule has 7 heteroatoms. The maximum absolute atomic E-state index is 11.6. The number of hydrogen-bond acceptors (Lipinski definition) is 3. The van der Waals surface area contributed by atoms with Gasteiger partial charge in [-0.25, -0.2) is 0 Å². The molecule has 1 amide bonds. The van der Waals surface area contributed by atoms with Crippen molar-refractivity contribution in [3.8, 4) is 0 Å². The standard InChI is InChI=1S/C16H16BrClN4O/c17-11-3-4-12-13-10-22(7-6-19-16(23)2-1-5-18)21-15(13)9-20-14(12)8-11/h3-4,8-10H,1-2,5-7H2,(H,19,23). The lowest BCUT2D eigenvalue weighted by Gasteiger charge is -2.04. The fourth-order valence-corrected chi connectivity index (χ4v) is 2.93. The predicted molar refractivity (Wildman–Crippen MR) is 95.7 cm³/mol. The number of carbonyl (C=O) groups is 1. The number of fused-ring (bicyclic) bond motifs is 3. The first-order valence-electron chi connectivity index (χ1n) is 7.41. The Morgan fingerprint density at radius 2 is 2.17 bits per heavy atom. The average molecular weight is 396 g/mol. The lowest BCUT2D eigenvalue weighted by Crippen LogP contribution is -2.27. The fourth-order valence-electron chi connectivity index (χ4n) is 2.45. The summed E-state index contributed by atoms with van der Waals surface area (Å²) >= 11 is 9.03. The molecule has 2 aromatic heterocycles. The Bertz CT molecular complexity index is 849. The molecular weight excluding hydrogens is 380 g/mol. The van der Waals surface area contributed by atoms with Crippen LogP contribution in [0.25, 0.3) is 21.8 Å². The van der Waals surface area contributed by atoms with E-state index in [1.807, 2.05) is 29.1 Å². The molecule has 1 aromatic carbocycles. The molecule has 0 radical (unpaired) electrons. The molecule has 23 heavy (non-hydrogen) atoms. The number of aromatic nitrogens is 3. The zero-order chi connectivity index (χ0) is 16.2. The monoisotopic (exact) mass is 394 g/mol. The Morgan fingerprint density at radius 1 is 1.30 bits per heavy atom. The van der Waals surface area contributed by atoms with Crippen molar-refractivity contribution in [1.82, 2.24) is 20.1 Å². The first-order chi connectivity index (χ1) is 11.2. The van der Waals surface area contributed by atoms with Crippen LogP contribution < -0.4 is 5.32 Å². The number of alkyl halides is 1. The van der Waals surface area contributed by atoms with E-state index < -0.39 is 0 Å². The highest BCUT2D eigenvalue weighted by molar-refractivity contribution is 9.10. The van der Waals surface area contributed by atoms with Crippen molar-refractivity contribution < 1.29 is 4.79 Å². The van der Waals surface area contributed by atoms with Gasteiger partial charge in [-0.2, -0.15) is 5.10 Å². The zero-order valence-corrected chi connectivity index (χ0v) is 14.8. The second-order valence-electron chi connectivity index (χ2n) is 5.25. The van der Waals surface area contributed by atoms with Gasteiger partial charge in [0.15, 0.2) is 0 Å². The molecule has 0 atom stereocenters. The van der Waals surface area contributed by atoms with E-state index in [0.717, 1.165) is 26.3 Å². The molecule has 0 spiro atoms. The summed E-state index contributed by atoms with van der Waals surface area (Å²) in [5, 5.41) is 9.53. The molecule has 0 bridgehead atoms. The SMILES string of the molecule is O=C(CCCCl)NCCn1cc2c(cnc3cc(Br)ccc32)n1. The number of rotatable bonds is 6. The molecule has 1 N–H and O–H groups in total. The van der Waals surface area contributed by atoms with Gasteiger partial charge in [0.25, 0.3) is 0 Å². The third-order valence-electron chi connectivity index (χ3n) is 3.57. The molecule has 0 saturated carbocycles. The normalized spacial score (nSPS) is 11.2. The quantitative estimate of drug-likeness (QED) is 0.650. The van der Waals surface area contributed by atoms with Gasteiger partial charge >= 0.3 is 0 Å². The summed E-state index contributed by atoms with van der Waals surface area (Å²) in [6.07, 6.45) is 4.94. The fraction of sp³-hybridized carbons (Fsp3) is 0.312. The maximum Gasteiger partial charge on any atom is 0.220 e. The highest BCUT2D eigenvalue weighted by atomic mass is 79.9. The zero-order valence-electron chi connectivity index (χ0n) is 12.4. The first kappa shape index (κ1) is 16.2. The van der Waals surface area contributed by atoms with E-state index in [9.17, 15) is 4.79 Å². The molecule has 0 aliphatic heterocycles. The number of benzene rings is 1. The maximum atomic E-state index is 11.6. The number of nitrogens with one attached hydrogen (secondary N) is 1.